The first-order valence-corrected chi connectivity index (χ1v) is 14.6. The number of carbonyl (C=O) groups is 1. The smallest absolute Gasteiger partial charge is 0.0762 e. The zero-order chi connectivity index (χ0) is 26.0. The number of aliphatic carboxylic acids is 1. The number of hydrogen-bond donors (Lipinski definition) is 4. The van der Waals surface area contributed by atoms with Crippen LogP contribution < -0.4 is 29.0 Å². The molecule has 0 radical (unpaired) electrons. The van der Waals surface area contributed by atoms with Crippen molar-refractivity contribution < 1.29 is 44.0 Å². The summed E-state index contributed by atoms with van der Waals surface area (Å²) in [4.78, 5) is 10.3. The molecule has 0 bridgehead atoms. The van der Waals surface area contributed by atoms with Crippen molar-refractivity contribution in [3.63, 3.8) is 0 Å². The van der Waals surface area contributed by atoms with Crippen LogP contribution in [0.25, 0.3) is 0 Å². The Labute approximate surface area is 224 Å². The lowest BCUT2D eigenvalue weighted by Gasteiger charge is -2.04. The van der Waals surface area contributed by atoms with Gasteiger partial charge in [0.05, 0.1) is 13.1 Å². The number of carbonyl (C=O) groups excluding carboxylic acids is 1. The molecule has 0 aromatic rings. The van der Waals surface area contributed by atoms with E-state index in [9.17, 15) is 9.90 Å². The van der Waals surface area contributed by atoms with Crippen LogP contribution in [-0.2, 0) is 4.79 Å². The molecule has 0 aromatic carbocycles. The van der Waals surface area contributed by atoms with Gasteiger partial charge in [-0.05, 0) is 12.8 Å². The molecule has 7 heteroatoms. The van der Waals surface area contributed by atoms with E-state index in [2.05, 4.69) is 18.4 Å². The molecule has 0 aliphatic rings. The van der Waals surface area contributed by atoms with Crippen molar-refractivity contribution in [2.75, 3.05) is 26.3 Å². The minimum absolute atomic E-state index is 0. The maximum Gasteiger partial charge on any atom is 0.0762 e. The summed E-state index contributed by atoms with van der Waals surface area (Å²) in [5, 5.41) is 26.3. The van der Waals surface area contributed by atoms with Gasteiger partial charge in [0.25, 0.3) is 0 Å². The fraction of sp³-hybridized carbons (Fsp3) is 0.964. The van der Waals surface area contributed by atoms with Gasteiger partial charge >= 0.3 is 0 Å². The summed E-state index contributed by atoms with van der Waals surface area (Å²) in [6.45, 7) is 4.53. The molecule has 0 heterocycles. The molecule has 0 saturated heterocycles. The van der Waals surface area contributed by atoms with Gasteiger partial charge in [-0.25, -0.2) is 0 Å². The van der Waals surface area contributed by atoms with Crippen molar-refractivity contribution >= 4 is 5.97 Å². The largest absolute Gasteiger partial charge is 1.00 e. The molecule has 0 atom stereocenters. The lowest BCUT2D eigenvalue weighted by atomic mass is 10.0. The Hall–Kier alpha value is -0.400. The second kappa shape index (κ2) is 43.7. The van der Waals surface area contributed by atoms with Crippen LogP contribution in [-0.4, -0.2) is 42.5 Å². The lowest BCUT2D eigenvalue weighted by Crippen LogP contribution is -3.00. The van der Waals surface area contributed by atoms with E-state index in [-0.39, 0.29) is 32.0 Å². The normalized spacial score (nSPS) is 9.97. The lowest BCUT2D eigenvalue weighted by molar-refractivity contribution is -0.369. The fourth-order valence-corrected chi connectivity index (χ4v) is 3.57. The molecule has 0 rings (SSSR count). The van der Waals surface area contributed by atoms with E-state index in [1.807, 2.05) is 0 Å². The molecule has 0 aliphatic carbocycles. The van der Waals surface area contributed by atoms with Crippen LogP contribution in [0.3, 0.4) is 0 Å². The number of quaternary nitrogens is 2. The zero-order valence-corrected chi connectivity index (χ0v) is 24.1. The van der Waals surface area contributed by atoms with E-state index in [0.29, 0.717) is 0 Å². The van der Waals surface area contributed by atoms with Crippen LogP contribution >= 0.6 is 0 Å². The van der Waals surface area contributed by atoms with Crippen LogP contribution in [0.15, 0.2) is 0 Å². The number of unbranched alkanes of at least 4 members (excludes halogenated alkanes) is 18. The maximum atomic E-state index is 10.3. The summed E-state index contributed by atoms with van der Waals surface area (Å²) in [5.41, 5.74) is 7.03. The van der Waals surface area contributed by atoms with Crippen molar-refractivity contribution in [2.45, 2.75) is 148 Å². The molecule has 0 aromatic heterocycles. The van der Waals surface area contributed by atoms with Crippen molar-refractivity contribution in [3.8, 4) is 0 Å². The van der Waals surface area contributed by atoms with Crippen molar-refractivity contribution in [1.29, 1.82) is 0 Å². The standard InChI is InChI=1S/C22H44O2.2C3H9NO.ClH/c1-2-3-4-5-6-7-8-9-10-11-12-13-14-15-16-17-18-19-20-21-22(23)24;2*4-2-1-3-5;/h2-21H2,1H3,(H,23,24);2*5H,1-4H2;1H. The number of carboxylic acid groups (broad SMARTS) is 1. The number of aliphatic hydroxyl groups is 2. The van der Waals surface area contributed by atoms with Gasteiger partial charge < -0.3 is 44.0 Å². The Balaban J connectivity index is -0.000000365. The number of aliphatic hydroxyl groups excluding tert-OH is 2. The van der Waals surface area contributed by atoms with E-state index in [0.717, 1.165) is 38.8 Å². The van der Waals surface area contributed by atoms with Crippen LogP contribution in [0.2, 0.25) is 0 Å². The Morgan fingerprint density at radius 1 is 0.543 bits per heavy atom. The Bertz CT molecular complexity index is 341. The summed E-state index contributed by atoms with van der Waals surface area (Å²) in [7, 11) is 0. The fourth-order valence-electron chi connectivity index (χ4n) is 3.57. The van der Waals surface area contributed by atoms with E-state index >= 15 is 0 Å². The first kappa shape index (κ1) is 41.7. The minimum atomic E-state index is -0.901. The predicted molar refractivity (Wildman–Crippen MR) is 142 cm³/mol. The number of rotatable bonds is 24. The van der Waals surface area contributed by atoms with Crippen molar-refractivity contribution in [3.05, 3.63) is 0 Å². The third-order valence-electron chi connectivity index (χ3n) is 5.80. The van der Waals surface area contributed by atoms with E-state index < -0.39 is 5.97 Å². The first-order chi connectivity index (χ1) is 16.6. The SMILES string of the molecule is CCCCCCCCCCCCCCCCCCCCCC(=O)[O-].[Cl-].[NH3+]CCCO.[NH3+]CCCO. The highest BCUT2D eigenvalue weighted by Gasteiger charge is 1.95. The highest BCUT2D eigenvalue weighted by Crippen LogP contribution is 2.14. The summed E-state index contributed by atoms with van der Waals surface area (Å²) in [6.07, 6.45) is 27.4. The highest BCUT2D eigenvalue weighted by molar-refractivity contribution is 5.63. The van der Waals surface area contributed by atoms with Gasteiger partial charge in [-0.15, -0.1) is 0 Å². The third kappa shape index (κ3) is 55.4. The minimum Gasteiger partial charge on any atom is -1.00 e. The van der Waals surface area contributed by atoms with Crippen LogP contribution in [0, 0.1) is 0 Å². The molecule has 6 nitrogen and oxygen atoms in total. The molecular formula is C28H63ClN2O4. The van der Waals surface area contributed by atoms with Gasteiger partial charge in [0, 0.05) is 32.0 Å². The van der Waals surface area contributed by atoms with Crippen molar-refractivity contribution in [1.82, 2.24) is 0 Å². The average molecular weight is 527 g/mol. The summed E-state index contributed by atoms with van der Waals surface area (Å²) >= 11 is 0. The van der Waals surface area contributed by atoms with Gasteiger partial charge in [-0.3, -0.25) is 0 Å². The maximum absolute atomic E-state index is 10.3. The average Bonchev–Trinajstić information content (AvgIpc) is 2.82. The number of halogens is 1. The molecule has 8 N–H and O–H groups in total. The van der Waals surface area contributed by atoms with E-state index in [1.165, 1.54) is 109 Å². The number of carboxylic acids is 1. The molecule has 0 amide bonds. The first-order valence-electron chi connectivity index (χ1n) is 14.6. The molecule has 35 heavy (non-hydrogen) atoms. The Kier molecular flexibility index (Phi) is 52.0. The predicted octanol–water partition coefficient (Wildman–Crippen LogP) is 0.784. The van der Waals surface area contributed by atoms with E-state index in [1.54, 1.807) is 0 Å². The van der Waals surface area contributed by atoms with Gasteiger partial charge in [0.2, 0.25) is 0 Å². The monoisotopic (exact) mass is 526 g/mol. The molecule has 0 unspecified atom stereocenters. The summed E-state index contributed by atoms with van der Waals surface area (Å²) < 4.78 is 0. The van der Waals surface area contributed by atoms with E-state index in [4.69, 9.17) is 10.2 Å². The van der Waals surface area contributed by atoms with Gasteiger partial charge in [-0.2, -0.15) is 0 Å². The quantitative estimate of drug-likeness (QED) is 0.138. The molecule has 0 fully saturated rings. The van der Waals surface area contributed by atoms with Crippen LogP contribution in [0.5, 0.6) is 0 Å². The summed E-state index contributed by atoms with van der Waals surface area (Å²) in [5.74, 6) is -0.901. The molecule has 216 valence electrons. The van der Waals surface area contributed by atoms with Crippen LogP contribution in [0.1, 0.15) is 148 Å². The van der Waals surface area contributed by atoms with Crippen molar-refractivity contribution in [2.24, 2.45) is 0 Å². The second-order valence-electron chi connectivity index (χ2n) is 9.35. The van der Waals surface area contributed by atoms with Gasteiger partial charge in [0.1, 0.15) is 0 Å². The van der Waals surface area contributed by atoms with Gasteiger partial charge in [-0.1, -0.05) is 122 Å². The Morgan fingerprint density at radius 3 is 0.971 bits per heavy atom. The second-order valence-corrected chi connectivity index (χ2v) is 9.35. The van der Waals surface area contributed by atoms with Crippen LogP contribution in [0.4, 0.5) is 0 Å². The molecule has 0 saturated carbocycles. The molecule has 0 spiro atoms. The highest BCUT2D eigenvalue weighted by atomic mass is 35.5. The molecule has 0 aliphatic heterocycles. The van der Waals surface area contributed by atoms with Gasteiger partial charge in [0.15, 0.2) is 0 Å². The summed E-state index contributed by atoms with van der Waals surface area (Å²) in [6, 6.07) is 0. The zero-order valence-electron chi connectivity index (χ0n) is 23.4. The topological polar surface area (TPSA) is 136 Å². The number of hydrogen-bond acceptors (Lipinski definition) is 4. The third-order valence-corrected chi connectivity index (χ3v) is 5.80. The Morgan fingerprint density at radius 2 is 0.800 bits per heavy atom. The molecular weight excluding hydrogens is 464 g/mol.